The van der Waals surface area contributed by atoms with Crippen LogP contribution in [-0.2, 0) is 9.53 Å². The average molecular weight is 229 g/mol. The number of hydrogen-bond donors (Lipinski definition) is 1. The van der Waals surface area contributed by atoms with E-state index >= 15 is 0 Å². The van der Waals surface area contributed by atoms with Gasteiger partial charge in [0.2, 0.25) is 0 Å². The van der Waals surface area contributed by atoms with Crippen molar-refractivity contribution in [3.05, 3.63) is 0 Å². The van der Waals surface area contributed by atoms with Crippen LogP contribution >= 0.6 is 0 Å². The molecule has 0 fully saturated rings. The van der Waals surface area contributed by atoms with E-state index in [4.69, 9.17) is 5.11 Å². The highest BCUT2D eigenvalue weighted by Gasteiger charge is 2.28. The smallest absolute Gasteiger partial charge is 0.390 e. The van der Waals surface area contributed by atoms with Crippen molar-refractivity contribution >= 4 is 5.97 Å². The van der Waals surface area contributed by atoms with Gasteiger partial charge in [0, 0.05) is 20.2 Å². The second-order valence-electron chi connectivity index (χ2n) is 3.03. The van der Waals surface area contributed by atoms with Gasteiger partial charge in [0.15, 0.2) is 0 Å². The van der Waals surface area contributed by atoms with E-state index in [2.05, 4.69) is 4.74 Å². The SMILES string of the molecule is COCCN(CCC(F)(F)F)CC(=O)O. The van der Waals surface area contributed by atoms with E-state index < -0.39 is 25.1 Å². The van der Waals surface area contributed by atoms with Crippen LogP contribution < -0.4 is 0 Å². The number of hydrogen-bond acceptors (Lipinski definition) is 3. The number of carboxylic acid groups (broad SMARTS) is 1. The van der Waals surface area contributed by atoms with E-state index in [0.29, 0.717) is 0 Å². The third-order valence-electron chi connectivity index (χ3n) is 1.68. The van der Waals surface area contributed by atoms with Gasteiger partial charge in [-0.15, -0.1) is 0 Å². The van der Waals surface area contributed by atoms with Crippen LogP contribution in [0.4, 0.5) is 13.2 Å². The molecule has 0 amide bonds. The summed E-state index contributed by atoms with van der Waals surface area (Å²) in [7, 11) is 1.41. The molecular weight excluding hydrogens is 215 g/mol. The van der Waals surface area contributed by atoms with Crippen molar-refractivity contribution in [2.45, 2.75) is 12.6 Å². The molecule has 0 spiro atoms. The Morgan fingerprint density at radius 2 is 2.00 bits per heavy atom. The second-order valence-corrected chi connectivity index (χ2v) is 3.03. The Bertz CT molecular complexity index is 196. The van der Waals surface area contributed by atoms with Crippen LogP contribution in [0.1, 0.15) is 6.42 Å². The first-order valence-electron chi connectivity index (χ1n) is 4.35. The zero-order valence-corrected chi connectivity index (χ0v) is 8.38. The standard InChI is InChI=1S/C8H14F3NO3/c1-15-5-4-12(6-7(13)14)3-2-8(9,10)11/h2-6H2,1H3,(H,13,14). The van der Waals surface area contributed by atoms with Crippen LogP contribution in [0.2, 0.25) is 0 Å². The number of alkyl halides is 3. The first-order chi connectivity index (χ1) is 6.85. The normalized spacial score (nSPS) is 12.1. The van der Waals surface area contributed by atoms with Crippen molar-refractivity contribution in [1.29, 1.82) is 0 Å². The molecule has 0 rings (SSSR count). The number of ether oxygens (including phenoxy) is 1. The van der Waals surface area contributed by atoms with E-state index in [1.165, 1.54) is 12.0 Å². The Morgan fingerprint density at radius 1 is 1.40 bits per heavy atom. The lowest BCUT2D eigenvalue weighted by Crippen LogP contribution is -2.35. The van der Waals surface area contributed by atoms with Gasteiger partial charge < -0.3 is 9.84 Å². The summed E-state index contributed by atoms with van der Waals surface area (Å²) in [6.07, 6.45) is -5.27. The van der Waals surface area contributed by atoms with Gasteiger partial charge in [-0.05, 0) is 0 Å². The van der Waals surface area contributed by atoms with Gasteiger partial charge in [0.1, 0.15) is 0 Å². The molecule has 15 heavy (non-hydrogen) atoms. The van der Waals surface area contributed by atoms with E-state index in [1.54, 1.807) is 0 Å². The Morgan fingerprint density at radius 3 is 2.40 bits per heavy atom. The summed E-state index contributed by atoms with van der Waals surface area (Å²) in [5, 5.41) is 8.45. The number of rotatable bonds is 7. The lowest BCUT2D eigenvalue weighted by molar-refractivity contribution is -0.145. The fourth-order valence-electron chi connectivity index (χ4n) is 0.966. The molecule has 4 nitrogen and oxygen atoms in total. The summed E-state index contributed by atoms with van der Waals surface area (Å²) in [6, 6.07) is 0. The molecule has 0 radical (unpaired) electrons. The maximum Gasteiger partial charge on any atom is 0.390 e. The molecule has 0 heterocycles. The van der Waals surface area contributed by atoms with Gasteiger partial charge in [0.25, 0.3) is 0 Å². The predicted octanol–water partition coefficient (Wildman–Crippen LogP) is 0.972. The fraction of sp³-hybridized carbons (Fsp3) is 0.875. The van der Waals surface area contributed by atoms with Gasteiger partial charge in [0.05, 0.1) is 19.6 Å². The summed E-state index contributed by atoms with van der Waals surface area (Å²) < 4.78 is 40.3. The minimum Gasteiger partial charge on any atom is -0.480 e. The maximum atomic E-state index is 11.9. The highest BCUT2D eigenvalue weighted by Crippen LogP contribution is 2.19. The molecule has 0 bridgehead atoms. The minimum absolute atomic E-state index is 0.179. The second kappa shape index (κ2) is 6.62. The average Bonchev–Trinajstić information content (AvgIpc) is 2.07. The first-order valence-corrected chi connectivity index (χ1v) is 4.35. The maximum absolute atomic E-state index is 11.9. The third-order valence-corrected chi connectivity index (χ3v) is 1.68. The molecule has 0 aromatic rings. The largest absolute Gasteiger partial charge is 0.480 e. The van der Waals surface area contributed by atoms with Crippen LogP contribution in [-0.4, -0.2) is 55.5 Å². The molecule has 0 saturated heterocycles. The van der Waals surface area contributed by atoms with Gasteiger partial charge in [-0.3, -0.25) is 9.69 Å². The molecular formula is C8H14F3NO3. The van der Waals surface area contributed by atoms with E-state index in [1.807, 2.05) is 0 Å². The molecule has 0 aliphatic rings. The quantitative estimate of drug-likeness (QED) is 0.706. The first kappa shape index (κ1) is 14.2. The molecule has 1 N–H and O–H groups in total. The van der Waals surface area contributed by atoms with Gasteiger partial charge in [-0.1, -0.05) is 0 Å². The van der Waals surface area contributed by atoms with Gasteiger partial charge >= 0.3 is 12.1 Å². The number of aliphatic carboxylic acids is 1. The summed E-state index contributed by atoms with van der Waals surface area (Å²) in [5.41, 5.74) is 0. The lowest BCUT2D eigenvalue weighted by Gasteiger charge is -2.20. The third kappa shape index (κ3) is 9.48. The number of carboxylic acids is 1. The lowest BCUT2D eigenvalue weighted by atomic mass is 10.3. The molecule has 0 aromatic carbocycles. The number of methoxy groups -OCH3 is 1. The molecule has 0 atom stereocenters. The number of halogens is 3. The zero-order chi connectivity index (χ0) is 11.9. The van der Waals surface area contributed by atoms with Crippen LogP contribution in [0, 0.1) is 0 Å². The predicted molar refractivity (Wildman–Crippen MR) is 46.6 cm³/mol. The number of carbonyl (C=O) groups is 1. The van der Waals surface area contributed by atoms with Crippen LogP contribution in [0.15, 0.2) is 0 Å². The monoisotopic (exact) mass is 229 g/mol. The van der Waals surface area contributed by atoms with Crippen molar-refractivity contribution in [1.82, 2.24) is 4.90 Å². The van der Waals surface area contributed by atoms with Crippen LogP contribution in [0.3, 0.4) is 0 Å². The topological polar surface area (TPSA) is 49.8 Å². The molecule has 0 aromatic heterocycles. The Balaban J connectivity index is 3.95. The van der Waals surface area contributed by atoms with Crippen molar-refractivity contribution in [2.24, 2.45) is 0 Å². The Labute approximate surface area is 85.6 Å². The summed E-state index contributed by atoms with van der Waals surface area (Å²) in [5.74, 6) is -1.15. The van der Waals surface area contributed by atoms with Crippen molar-refractivity contribution in [3.8, 4) is 0 Å². The Kier molecular flexibility index (Phi) is 6.26. The van der Waals surface area contributed by atoms with E-state index in [-0.39, 0.29) is 19.7 Å². The highest BCUT2D eigenvalue weighted by molar-refractivity contribution is 5.69. The molecule has 0 aliphatic heterocycles. The highest BCUT2D eigenvalue weighted by atomic mass is 19.4. The van der Waals surface area contributed by atoms with Gasteiger partial charge in [-0.25, -0.2) is 0 Å². The Hall–Kier alpha value is -0.820. The minimum atomic E-state index is -4.26. The van der Waals surface area contributed by atoms with E-state index in [9.17, 15) is 18.0 Å². The molecule has 7 heteroatoms. The van der Waals surface area contributed by atoms with Crippen LogP contribution in [0.5, 0.6) is 0 Å². The summed E-state index contributed by atoms with van der Waals surface area (Å²) in [4.78, 5) is 11.5. The summed E-state index contributed by atoms with van der Waals surface area (Å²) >= 11 is 0. The molecule has 0 saturated carbocycles. The van der Waals surface area contributed by atoms with Crippen LogP contribution in [0.25, 0.3) is 0 Å². The molecule has 90 valence electrons. The van der Waals surface area contributed by atoms with Crippen molar-refractivity contribution in [2.75, 3.05) is 33.4 Å². The fourth-order valence-corrected chi connectivity index (χ4v) is 0.966. The number of nitrogens with zero attached hydrogens (tertiary/aromatic N) is 1. The molecule has 0 unspecified atom stereocenters. The van der Waals surface area contributed by atoms with Crippen molar-refractivity contribution < 1.29 is 27.8 Å². The molecule has 0 aliphatic carbocycles. The van der Waals surface area contributed by atoms with E-state index in [0.717, 1.165) is 0 Å². The van der Waals surface area contributed by atoms with Gasteiger partial charge in [-0.2, -0.15) is 13.2 Å². The zero-order valence-electron chi connectivity index (χ0n) is 8.38. The summed E-state index contributed by atoms with van der Waals surface area (Å²) in [6.45, 7) is -0.331. The van der Waals surface area contributed by atoms with Crippen molar-refractivity contribution in [3.63, 3.8) is 0 Å².